The standard InChI is InChI=1S/C24H34FN7O/c1-2-32-13-7-10-20(32)15-26-22-29-23(27-18-8-5-3-4-6-9-18)31-24(30-22)28-19-12-11-17(16-33)21(25)14-19/h11-12,14,16,18,20H,2-10,13,15H2,1H3,(H3,26,27,28,29,30,31). The monoisotopic (exact) mass is 455 g/mol. The van der Waals surface area contributed by atoms with E-state index in [0.29, 0.717) is 41.9 Å². The SMILES string of the molecule is CCN1CCCC1CNc1nc(Nc2ccc(C=O)c(F)c2)nc(NC2CCCCCC2)n1. The van der Waals surface area contributed by atoms with Gasteiger partial charge >= 0.3 is 0 Å². The van der Waals surface area contributed by atoms with Gasteiger partial charge in [0, 0.05) is 24.3 Å². The normalized spacial score (nSPS) is 19.8. The summed E-state index contributed by atoms with van der Waals surface area (Å²) in [5.74, 6) is 0.767. The van der Waals surface area contributed by atoms with Crippen LogP contribution in [0.5, 0.6) is 0 Å². The lowest BCUT2D eigenvalue weighted by atomic mass is 10.1. The number of rotatable bonds is 9. The number of halogens is 1. The quantitative estimate of drug-likeness (QED) is 0.373. The van der Waals surface area contributed by atoms with Gasteiger partial charge in [0.25, 0.3) is 0 Å². The fraction of sp³-hybridized carbons (Fsp3) is 0.583. The van der Waals surface area contributed by atoms with Gasteiger partial charge in [-0.15, -0.1) is 0 Å². The second-order valence-electron chi connectivity index (χ2n) is 8.92. The Morgan fingerprint density at radius 3 is 2.52 bits per heavy atom. The van der Waals surface area contributed by atoms with Crippen molar-refractivity contribution in [2.24, 2.45) is 0 Å². The molecule has 1 aromatic carbocycles. The van der Waals surface area contributed by atoms with Gasteiger partial charge in [0.2, 0.25) is 17.8 Å². The summed E-state index contributed by atoms with van der Waals surface area (Å²) in [6.07, 6.45) is 10.0. The Balaban J connectivity index is 1.52. The Morgan fingerprint density at radius 2 is 1.79 bits per heavy atom. The van der Waals surface area contributed by atoms with Crippen LogP contribution in [0.1, 0.15) is 68.6 Å². The molecule has 3 N–H and O–H groups in total. The highest BCUT2D eigenvalue weighted by Crippen LogP contribution is 2.23. The third-order valence-electron chi connectivity index (χ3n) is 6.61. The van der Waals surface area contributed by atoms with Crippen LogP contribution in [0.4, 0.5) is 27.9 Å². The molecule has 1 aliphatic heterocycles. The summed E-state index contributed by atoms with van der Waals surface area (Å²) in [5.41, 5.74) is 0.495. The lowest BCUT2D eigenvalue weighted by Gasteiger charge is -2.23. The van der Waals surface area contributed by atoms with Crippen molar-refractivity contribution in [1.82, 2.24) is 19.9 Å². The molecule has 1 aliphatic carbocycles. The van der Waals surface area contributed by atoms with E-state index in [1.165, 1.54) is 44.2 Å². The third kappa shape index (κ3) is 6.37. The Labute approximate surface area is 194 Å². The van der Waals surface area contributed by atoms with Crippen LogP contribution >= 0.6 is 0 Å². The smallest absolute Gasteiger partial charge is 0.233 e. The number of aldehydes is 1. The number of benzene rings is 1. The van der Waals surface area contributed by atoms with Gasteiger partial charge in [0.05, 0.1) is 5.56 Å². The minimum absolute atomic E-state index is 0.0197. The van der Waals surface area contributed by atoms with Gasteiger partial charge in [0.15, 0.2) is 6.29 Å². The van der Waals surface area contributed by atoms with Gasteiger partial charge in [-0.2, -0.15) is 15.0 Å². The van der Waals surface area contributed by atoms with E-state index in [-0.39, 0.29) is 5.56 Å². The minimum Gasteiger partial charge on any atom is -0.352 e. The van der Waals surface area contributed by atoms with Gasteiger partial charge in [-0.25, -0.2) is 4.39 Å². The number of nitrogens with zero attached hydrogens (tertiary/aromatic N) is 4. The van der Waals surface area contributed by atoms with Crippen LogP contribution in [0.3, 0.4) is 0 Å². The average Bonchev–Trinajstić information content (AvgIpc) is 3.12. The first-order valence-corrected chi connectivity index (χ1v) is 12.2. The second kappa shape index (κ2) is 11.4. The molecule has 2 aliphatic rings. The van der Waals surface area contributed by atoms with Gasteiger partial charge in [-0.3, -0.25) is 9.69 Å². The van der Waals surface area contributed by atoms with Crippen LogP contribution < -0.4 is 16.0 Å². The van der Waals surface area contributed by atoms with Crippen molar-refractivity contribution in [3.05, 3.63) is 29.6 Å². The summed E-state index contributed by atoms with van der Waals surface area (Å²) >= 11 is 0. The largest absolute Gasteiger partial charge is 0.352 e. The fourth-order valence-electron chi connectivity index (χ4n) is 4.76. The molecule has 1 saturated carbocycles. The average molecular weight is 456 g/mol. The van der Waals surface area contributed by atoms with Crippen LogP contribution in [0.25, 0.3) is 0 Å². The number of likely N-dealkylation sites (tertiary alicyclic amines) is 1. The molecule has 2 aromatic rings. The molecular weight excluding hydrogens is 421 g/mol. The lowest BCUT2D eigenvalue weighted by molar-refractivity contribution is 0.112. The Morgan fingerprint density at radius 1 is 1.03 bits per heavy atom. The molecule has 0 spiro atoms. The van der Waals surface area contributed by atoms with Crippen LogP contribution in [0, 0.1) is 5.82 Å². The van der Waals surface area contributed by atoms with Crippen LogP contribution in [-0.2, 0) is 0 Å². The number of nitrogens with one attached hydrogen (secondary N) is 3. The molecular formula is C24H34FN7O. The zero-order valence-corrected chi connectivity index (χ0v) is 19.3. The van der Waals surface area contributed by atoms with Crippen molar-refractivity contribution in [3.8, 4) is 0 Å². The minimum atomic E-state index is -0.583. The molecule has 0 amide bonds. The van der Waals surface area contributed by atoms with Crippen molar-refractivity contribution in [2.45, 2.75) is 70.4 Å². The summed E-state index contributed by atoms with van der Waals surface area (Å²) in [6.45, 7) is 5.12. The molecule has 33 heavy (non-hydrogen) atoms. The molecule has 1 aromatic heterocycles. The summed E-state index contributed by atoms with van der Waals surface area (Å²) < 4.78 is 14.1. The Hall–Kier alpha value is -2.81. The highest BCUT2D eigenvalue weighted by molar-refractivity contribution is 5.76. The topological polar surface area (TPSA) is 95.1 Å². The molecule has 0 radical (unpaired) electrons. The number of carbonyl (C=O) groups is 1. The Bertz CT molecular complexity index is 933. The zero-order chi connectivity index (χ0) is 23.0. The van der Waals surface area contributed by atoms with Gasteiger partial charge in [-0.05, 0) is 57.0 Å². The third-order valence-corrected chi connectivity index (χ3v) is 6.61. The number of anilines is 4. The van der Waals surface area contributed by atoms with E-state index < -0.39 is 5.82 Å². The first-order valence-electron chi connectivity index (χ1n) is 12.2. The van der Waals surface area contributed by atoms with E-state index in [2.05, 4.69) is 42.7 Å². The maximum absolute atomic E-state index is 14.1. The number of hydrogen-bond donors (Lipinski definition) is 3. The molecule has 4 rings (SSSR count). The number of carbonyl (C=O) groups excluding carboxylic acids is 1. The number of aromatic nitrogens is 3. The summed E-state index contributed by atoms with van der Waals surface area (Å²) in [4.78, 5) is 27.1. The van der Waals surface area contributed by atoms with Crippen molar-refractivity contribution in [1.29, 1.82) is 0 Å². The molecule has 2 fully saturated rings. The van der Waals surface area contributed by atoms with E-state index >= 15 is 0 Å². The maximum Gasteiger partial charge on any atom is 0.233 e. The molecule has 0 bridgehead atoms. The van der Waals surface area contributed by atoms with E-state index in [0.717, 1.165) is 38.9 Å². The van der Waals surface area contributed by atoms with Crippen molar-refractivity contribution in [2.75, 3.05) is 35.6 Å². The molecule has 8 nitrogen and oxygen atoms in total. The van der Waals surface area contributed by atoms with E-state index in [4.69, 9.17) is 0 Å². The first kappa shape index (κ1) is 23.4. The molecule has 1 unspecified atom stereocenters. The molecule has 178 valence electrons. The van der Waals surface area contributed by atoms with Crippen molar-refractivity contribution < 1.29 is 9.18 Å². The highest BCUT2D eigenvalue weighted by atomic mass is 19.1. The van der Waals surface area contributed by atoms with Crippen LogP contribution in [-0.4, -0.2) is 57.9 Å². The predicted octanol–water partition coefficient (Wildman–Crippen LogP) is 4.60. The zero-order valence-electron chi connectivity index (χ0n) is 19.3. The number of hydrogen-bond acceptors (Lipinski definition) is 8. The molecule has 1 saturated heterocycles. The first-order chi connectivity index (χ1) is 16.1. The maximum atomic E-state index is 14.1. The second-order valence-corrected chi connectivity index (χ2v) is 8.92. The summed E-state index contributed by atoms with van der Waals surface area (Å²) in [6, 6.07) is 5.16. The Kier molecular flexibility index (Phi) is 8.04. The van der Waals surface area contributed by atoms with Crippen molar-refractivity contribution >= 4 is 29.8 Å². The van der Waals surface area contributed by atoms with Crippen molar-refractivity contribution in [3.63, 3.8) is 0 Å². The number of likely N-dealkylation sites (N-methyl/N-ethyl adjacent to an activating group) is 1. The predicted molar refractivity (Wildman–Crippen MR) is 129 cm³/mol. The molecule has 2 heterocycles. The van der Waals surface area contributed by atoms with Gasteiger partial charge < -0.3 is 16.0 Å². The summed E-state index contributed by atoms with van der Waals surface area (Å²) in [5, 5.41) is 9.95. The van der Waals surface area contributed by atoms with Crippen LogP contribution in [0.2, 0.25) is 0 Å². The van der Waals surface area contributed by atoms with E-state index in [1.54, 1.807) is 6.07 Å². The van der Waals surface area contributed by atoms with E-state index in [1.807, 2.05) is 0 Å². The molecule has 1 atom stereocenters. The van der Waals surface area contributed by atoms with E-state index in [9.17, 15) is 9.18 Å². The lowest BCUT2D eigenvalue weighted by Crippen LogP contribution is -2.35. The van der Waals surface area contributed by atoms with Crippen LogP contribution in [0.15, 0.2) is 18.2 Å². The van der Waals surface area contributed by atoms with Gasteiger partial charge in [0.1, 0.15) is 5.82 Å². The highest BCUT2D eigenvalue weighted by Gasteiger charge is 2.23. The summed E-state index contributed by atoms with van der Waals surface area (Å²) in [7, 11) is 0. The fourth-order valence-corrected chi connectivity index (χ4v) is 4.76. The van der Waals surface area contributed by atoms with Gasteiger partial charge in [-0.1, -0.05) is 32.6 Å². The molecule has 9 heteroatoms.